The van der Waals surface area contributed by atoms with Gasteiger partial charge < -0.3 is 53.4 Å². The maximum absolute atomic E-state index is 14.9. The van der Waals surface area contributed by atoms with E-state index in [-0.39, 0.29) is 45.5 Å². The molecule has 574 valence electrons. The zero-order chi connectivity index (χ0) is 72.5. The molecule has 1 aliphatic rings. The lowest BCUT2D eigenvalue weighted by atomic mass is 9.97. The molecule has 2 N–H and O–H groups in total. The van der Waals surface area contributed by atoms with Gasteiger partial charge in [-0.3, -0.25) is 4.79 Å². The Morgan fingerprint density at radius 2 is 0.757 bits per heavy atom. The summed E-state index contributed by atoms with van der Waals surface area (Å²) in [4.78, 5) is 30.5. The number of hydrogen-bond acceptors (Lipinski definition) is 11. The lowest BCUT2D eigenvalue weighted by Gasteiger charge is -2.46. The highest BCUT2D eigenvalue weighted by Gasteiger charge is 2.50. The molecular formula is C90H139N3O10. The minimum atomic E-state index is -1.12. The number of ether oxygens (including phenoxy) is 8. The van der Waals surface area contributed by atoms with E-state index in [1.165, 1.54) is 186 Å². The SMILES string of the molecule is CCCCCCCCCCCCCCCCCCCCCCCCCC(=O)N[C@@H](CO[C@@H]1O[C@H](COC(=O)NCCN(C)C)[C@H](OCc2ccccc2)[C@H](OCc2ccccc2)[C@H]1OCc1ccccc1)[C@H](OCc1ccccc1)[C@@H](CCCCCCCCCCCCCC)OCc1ccccc1. The van der Waals surface area contributed by atoms with Crippen LogP contribution < -0.4 is 10.6 Å². The van der Waals surface area contributed by atoms with Crippen LogP contribution in [0, 0.1) is 0 Å². The van der Waals surface area contributed by atoms with Gasteiger partial charge in [0.05, 0.1) is 51.8 Å². The van der Waals surface area contributed by atoms with E-state index in [4.69, 9.17) is 37.9 Å². The molecule has 0 unspecified atom stereocenters. The zero-order valence-electron chi connectivity index (χ0n) is 64.6. The lowest BCUT2D eigenvalue weighted by Crippen LogP contribution is -2.63. The molecule has 1 aliphatic heterocycles. The number of alkyl carbamates (subject to hydrolysis) is 1. The molecule has 13 heteroatoms. The predicted octanol–water partition coefficient (Wildman–Crippen LogP) is 21.9. The number of unbranched alkanes of at least 4 members (excludes halogenated alkanes) is 33. The summed E-state index contributed by atoms with van der Waals surface area (Å²) >= 11 is 0. The van der Waals surface area contributed by atoms with E-state index in [0.717, 1.165) is 66.3 Å². The van der Waals surface area contributed by atoms with Crippen molar-refractivity contribution in [1.82, 2.24) is 15.5 Å². The van der Waals surface area contributed by atoms with E-state index in [2.05, 4.69) is 48.7 Å². The average molecular weight is 1420 g/mol. The van der Waals surface area contributed by atoms with Crippen LogP contribution in [-0.4, -0.2) is 106 Å². The summed E-state index contributed by atoms with van der Waals surface area (Å²) in [5.41, 5.74) is 4.93. The molecule has 0 radical (unpaired) electrons. The van der Waals surface area contributed by atoms with Crippen molar-refractivity contribution in [2.24, 2.45) is 0 Å². The summed E-state index contributed by atoms with van der Waals surface area (Å²) in [6.07, 6.45) is 39.9. The van der Waals surface area contributed by atoms with Crippen LogP contribution in [0.1, 0.15) is 279 Å². The molecule has 6 rings (SSSR count). The monoisotopic (exact) mass is 1420 g/mol. The van der Waals surface area contributed by atoms with Gasteiger partial charge in [-0.05, 0) is 54.8 Å². The number of carbonyl (C=O) groups is 2. The van der Waals surface area contributed by atoms with Gasteiger partial charge in [-0.25, -0.2) is 4.79 Å². The summed E-state index contributed by atoms with van der Waals surface area (Å²) < 4.78 is 56.1. The van der Waals surface area contributed by atoms with Gasteiger partial charge in [0.15, 0.2) is 6.29 Å². The standard InChI is InChI=1S/C90H139N3O10/c1-5-7-9-11-13-15-17-19-20-21-22-23-24-25-26-27-28-29-31-33-35-37-54-66-84(94)92-81(85(97-70-77-57-45-39-46-58-77)82(96-69-76-55-43-38-44-56-76)65-53-36-34-32-30-18-16-14-12-10-8-6-2)74-101-89-88(100-73-80-63-51-42-52-64-80)87(99-72-79-61-49-41-50-62-79)86(98-71-78-59-47-40-48-60-78)83(103-89)75-102-90(95)91-67-68-93(3)4/h38-52,55-64,81-83,85-89H,5-37,53-54,65-75H2,1-4H3,(H,91,95)(H,92,94)/t81-,82+,83+,85-,86-,87-,88+,89+/m0/s1. The normalized spacial score (nSPS) is 16.9. The number of rotatable bonds is 63. The smallest absolute Gasteiger partial charge is 0.407 e. The maximum Gasteiger partial charge on any atom is 0.407 e. The highest BCUT2D eigenvalue weighted by Crippen LogP contribution is 2.33. The molecule has 8 atom stereocenters. The molecule has 2 amide bonds. The van der Waals surface area contributed by atoms with Crippen molar-refractivity contribution < 1.29 is 47.5 Å². The molecule has 0 bridgehead atoms. The quantitative estimate of drug-likeness (QED) is 0.0360. The highest BCUT2D eigenvalue weighted by atomic mass is 16.7. The van der Waals surface area contributed by atoms with Crippen LogP contribution in [0.3, 0.4) is 0 Å². The fourth-order valence-corrected chi connectivity index (χ4v) is 13.9. The van der Waals surface area contributed by atoms with Crippen molar-refractivity contribution in [3.8, 4) is 0 Å². The van der Waals surface area contributed by atoms with Crippen LogP contribution >= 0.6 is 0 Å². The Kier molecular flexibility index (Phi) is 48.4. The topological polar surface area (TPSA) is 135 Å². The molecule has 103 heavy (non-hydrogen) atoms. The van der Waals surface area contributed by atoms with Crippen LogP contribution in [-0.2, 0) is 75.7 Å². The summed E-state index contributed by atoms with van der Waals surface area (Å²) in [7, 11) is 3.92. The summed E-state index contributed by atoms with van der Waals surface area (Å²) in [6.45, 7) is 6.69. The second-order valence-corrected chi connectivity index (χ2v) is 29.5. The fourth-order valence-electron chi connectivity index (χ4n) is 13.9. The van der Waals surface area contributed by atoms with Crippen LogP contribution in [0.4, 0.5) is 4.79 Å². The number of nitrogens with one attached hydrogen (secondary N) is 2. The van der Waals surface area contributed by atoms with Gasteiger partial charge >= 0.3 is 6.09 Å². The summed E-state index contributed by atoms with van der Waals surface area (Å²) in [5, 5.41) is 6.44. The van der Waals surface area contributed by atoms with Gasteiger partial charge in [0, 0.05) is 19.5 Å². The van der Waals surface area contributed by atoms with E-state index in [9.17, 15) is 9.59 Å². The number of nitrogens with zero attached hydrogens (tertiary/aromatic N) is 1. The van der Waals surface area contributed by atoms with E-state index in [1.54, 1.807) is 0 Å². The fraction of sp³-hybridized carbons (Fsp3) is 0.644. The third-order valence-corrected chi connectivity index (χ3v) is 20.1. The first-order chi connectivity index (χ1) is 50.8. The van der Waals surface area contributed by atoms with E-state index >= 15 is 0 Å². The lowest BCUT2D eigenvalue weighted by molar-refractivity contribution is -0.328. The van der Waals surface area contributed by atoms with Crippen molar-refractivity contribution in [2.75, 3.05) is 40.4 Å². The Balaban J connectivity index is 1.22. The molecule has 13 nitrogen and oxygen atoms in total. The number of amides is 2. The molecule has 1 fully saturated rings. The average Bonchev–Trinajstić information content (AvgIpc) is 0.795. The van der Waals surface area contributed by atoms with Crippen molar-refractivity contribution in [3.05, 3.63) is 179 Å². The minimum Gasteiger partial charge on any atom is -0.447 e. The summed E-state index contributed by atoms with van der Waals surface area (Å²) in [5.74, 6) is -0.0657. The largest absolute Gasteiger partial charge is 0.447 e. The van der Waals surface area contributed by atoms with Gasteiger partial charge in [0.2, 0.25) is 5.91 Å². The van der Waals surface area contributed by atoms with Gasteiger partial charge in [0.1, 0.15) is 37.1 Å². The molecule has 0 aromatic heterocycles. The molecule has 0 spiro atoms. The van der Waals surface area contributed by atoms with Crippen molar-refractivity contribution in [3.63, 3.8) is 0 Å². The van der Waals surface area contributed by atoms with Crippen LogP contribution in [0.15, 0.2) is 152 Å². The predicted molar refractivity (Wildman–Crippen MR) is 422 cm³/mol. The first-order valence-electron chi connectivity index (χ1n) is 41.2. The highest BCUT2D eigenvalue weighted by molar-refractivity contribution is 5.76. The van der Waals surface area contributed by atoms with Crippen molar-refractivity contribution >= 4 is 12.0 Å². The van der Waals surface area contributed by atoms with Gasteiger partial charge in [-0.15, -0.1) is 0 Å². The Hall–Kier alpha value is -5.48. The van der Waals surface area contributed by atoms with Crippen molar-refractivity contribution in [1.29, 1.82) is 0 Å². The Labute approximate surface area is 625 Å². The third kappa shape index (κ3) is 40.2. The summed E-state index contributed by atoms with van der Waals surface area (Å²) in [6, 6.07) is 49.9. The molecule has 5 aromatic rings. The van der Waals surface area contributed by atoms with E-state index < -0.39 is 55.0 Å². The third-order valence-electron chi connectivity index (χ3n) is 20.1. The second kappa shape index (κ2) is 57.7. The first kappa shape index (κ1) is 86.4. The Morgan fingerprint density at radius 3 is 1.16 bits per heavy atom. The van der Waals surface area contributed by atoms with Crippen molar-refractivity contribution in [2.45, 2.75) is 333 Å². The molecule has 1 saturated heterocycles. The number of carbonyl (C=O) groups excluding carboxylic acids is 2. The molecule has 5 aromatic carbocycles. The van der Waals surface area contributed by atoms with Gasteiger partial charge in [0.25, 0.3) is 0 Å². The van der Waals surface area contributed by atoms with Crippen LogP contribution in [0.2, 0.25) is 0 Å². The van der Waals surface area contributed by atoms with E-state index in [1.807, 2.05) is 146 Å². The van der Waals surface area contributed by atoms with Gasteiger partial charge in [-0.1, -0.05) is 384 Å². The minimum absolute atomic E-state index is 0.0381. The number of likely N-dealkylation sites (N-methyl/N-ethyl adjacent to an activating group) is 1. The molecule has 1 heterocycles. The van der Waals surface area contributed by atoms with E-state index in [0.29, 0.717) is 32.5 Å². The molecular weight excluding hydrogens is 1280 g/mol. The van der Waals surface area contributed by atoms with Crippen LogP contribution in [0.5, 0.6) is 0 Å². The van der Waals surface area contributed by atoms with Crippen LogP contribution in [0.25, 0.3) is 0 Å². The molecule has 0 aliphatic carbocycles. The first-order valence-corrected chi connectivity index (χ1v) is 41.2. The van der Waals surface area contributed by atoms with Gasteiger partial charge in [-0.2, -0.15) is 0 Å². The number of benzene rings is 5. The zero-order valence-corrected chi connectivity index (χ0v) is 64.6. The molecule has 0 saturated carbocycles. The maximum atomic E-state index is 14.9. The second-order valence-electron chi connectivity index (χ2n) is 29.5. The Morgan fingerprint density at radius 1 is 0.408 bits per heavy atom. The number of hydrogen-bond donors (Lipinski definition) is 2. The Bertz CT molecular complexity index is 2770.